The van der Waals surface area contributed by atoms with E-state index in [2.05, 4.69) is 15.6 Å². The van der Waals surface area contributed by atoms with Crippen LogP contribution >= 0.6 is 0 Å². The summed E-state index contributed by atoms with van der Waals surface area (Å²) >= 11 is 0. The maximum Gasteiger partial charge on any atom is 0.407 e. The summed E-state index contributed by atoms with van der Waals surface area (Å²) in [7, 11) is 0. The second-order valence-electron chi connectivity index (χ2n) is 8.34. The number of fused-ring (bicyclic) bond motifs is 1. The van der Waals surface area contributed by atoms with E-state index < -0.39 is 6.09 Å². The van der Waals surface area contributed by atoms with E-state index in [0.717, 1.165) is 5.56 Å². The molecule has 11 nitrogen and oxygen atoms in total. The molecule has 0 saturated carbocycles. The van der Waals surface area contributed by atoms with Crippen LogP contribution in [-0.2, 0) is 22.4 Å². The van der Waals surface area contributed by atoms with Gasteiger partial charge >= 0.3 is 6.09 Å². The lowest BCUT2D eigenvalue weighted by molar-refractivity contribution is -0.0587. The van der Waals surface area contributed by atoms with Gasteiger partial charge in [-0.2, -0.15) is 0 Å². The Morgan fingerprint density at radius 2 is 1.94 bits per heavy atom. The SMILES string of the molecule is C[C@@H]1CN(C(=O)c2nnn(CC3COC(=O)N3)c2Cc2ccc3c(c2)OCO3)C[C@H](C)O1. The van der Waals surface area contributed by atoms with Gasteiger partial charge in [-0.25, -0.2) is 9.48 Å². The summed E-state index contributed by atoms with van der Waals surface area (Å²) in [6, 6.07) is 5.43. The average Bonchev–Trinajstić information content (AvgIpc) is 3.48. The summed E-state index contributed by atoms with van der Waals surface area (Å²) in [5, 5.41) is 11.2. The number of carbonyl (C=O) groups excluding carboxylic acids is 2. The number of aromatic nitrogens is 3. The van der Waals surface area contributed by atoms with Crippen molar-refractivity contribution in [3.8, 4) is 11.5 Å². The van der Waals surface area contributed by atoms with Crippen LogP contribution < -0.4 is 14.8 Å². The van der Waals surface area contributed by atoms with E-state index in [-0.39, 0.29) is 37.6 Å². The van der Waals surface area contributed by atoms with E-state index in [0.29, 0.717) is 48.9 Å². The van der Waals surface area contributed by atoms with E-state index in [9.17, 15) is 9.59 Å². The third kappa shape index (κ3) is 4.07. The van der Waals surface area contributed by atoms with Gasteiger partial charge in [0.15, 0.2) is 17.2 Å². The second kappa shape index (κ2) is 8.30. The monoisotopic (exact) mass is 443 g/mol. The number of hydrogen-bond acceptors (Lipinski definition) is 8. The van der Waals surface area contributed by atoms with Crippen LogP contribution in [0.1, 0.15) is 35.6 Å². The Labute approximate surface area is 184 Å². The molecule has 1 N–H and O–H groups in total. The standard InChI is InChI=1S/C21H25N5O6/c1-12-7-25(8-13(2)32-12)20(27)19-16(5-14-3-4-17-18(6-14)31-11-30-17)26(24-23-19)9-15-10-29-21(28)22-15/h3-4,6,12-13,15H,5,7-11H2,1-2H3,(H,22,28)/t12-,13+,15?. The molecule has 0 spiro atoms. The first kappa shape index (κ1) is 20.6. The number of nitrogens with zero attached hydrogens (tertiary/aromatic N) is 4. The van der Waals surface area contributed by atoms with Gasteiger partial charge in [0.05, 0.1) is 30.5 Å². The van der Waals surface area contributed by atoms with Crippen LogP contribution in [-0.4, -0.2) is 76.6 Å². The number of hydrogen-bond donors (Lipinski definition) is 1. The predicted molar refractivity (Wildman–Crippen MR) is 110 cm³/mol. The normalized spacial score (nSPS) is 24.4. The molecular formula is C21H25N5O6. The molecule has 2 fully saturated rings. The van der Waals surface area contributed by atoms with Crippen LogP contribution in [0.15, 0.2) is 18.2 Å². The molecule has 4 heterocycles. The van der Waals surface area contributed by atoms with E-state index in [1.54, 1.807) is 9.58 Å². The molecule has 32 heavy (non-hydrogen) atoms. The van der Waals surface area contributed by atoms with Crippen LogP contribution in [0.4, 0.5) is 4.79 Å². The lowest BCUT2D eigenvalue weighted by Crippen LogP contribution is -2.48. The highest BCUT2D eigenvalue weighted by atomic mass is 16.7. The molecule has 0 bridgehead atoms. The first-order chi connectivity index (χ1) is 15.5. The number of alkyl carbamates (subject to hydrolysis) is 1. The summed E-state index contributed by atoms with van der Waals surface area (Å²) in [4.78, 5) is 26.6. The maximum atomic E-state index is 13.4. The molecular weight excluding hydrogens is 418 g/mol. The number of rotatable bonds is 5. The highest BCUT2D eigenvalue weighted by molar-refractivity contribution is 5.93. The highest BCUT2D eigenvalue weighted by Crippen LogP contribution is 2.33. The fourth-order valence-electron chi connectivity index (χ4n) is 4.29. The highest BCUT2D eigenvalue weighted by Gasteiger charge is 2.32. The van der Waals surface area contributed by atoms with Crippen molar-refractivity contribution in [2.45, 2.75) is 45.1 Å². The van der Waals surface area contributed by atoms with Gasteiger partial charge in [0.1, 0.15) is 6.61 Å². The van der Waals surface area contributed by atoms with Gasteiger partial charge < -0.3 is 29.2 Å². The van der Waals surface area contributed by atoms with Crippen LogP contribution in [0, 0.1) is 0 Å². The van der Waals surface area contributed by atoms with Crippen molar-refractivity contribution in [2.24, 2.45) is 0 Å². The molecule has 170 valence electrons. The molecule has 3 aliphatic heterocycles. The van der Waals surface area contributed by atoms with Crippen molar-refractivity contribution >= 4 is 12.0 Å². The second-order valence-corrected chi connectivity index (χ2v) is 8.34. The van der Waals surface area contributed by atoms with Gasteiger partial charge in [-0.3, -0.25) is 4.79 Å². The first-order valence-corrected chi connectivity index (χ1v) is 10.6. The largest absolute Gasteiger partial charge is 0.454 e. The topological polar surface area (TPSA) is 117 Å². The molecule has 1 aromatic carbocycles. The van der Waals surface area contributed by atoms with Crippen LogP contribution in [0.5, 0.6) is 11.5 Å². The van der Waals surface area contributed by atoms with Crippen molar-refractivity contribution in [2.75, 3.05) is 26.5 Å². The van der Waals surface area contributed by atoms with Gasteiger partial charge in [-0.15, -0.1) is 5.10 Å². The fourth-order valence-corrected chi connectivity index (χ4v) is 4.29. The summed E-state index contributed by atoms with van der Waals surface area (Å²) in [6.07, 6.45) is -0.149. The smallest absolute Gasteiger partial charge is 0.407 e. The van der Waals surface area contributed by atoms with Gasteiger partial charge in [-0.05, 0) is 31.5 Å². The third-order valence-corrected chi connectivity index (χ3v) is 5.69. The Hall–Kier alpha value is -3.34. The Morgan fingerprint density at radius 3 is 2.69 bits per heavy atom. The zero-order valence-electron chi connectivity index (χ0n) is 17.9. The minimum Gasteiger partial charge on any atom is -0.454 e. The summed E-state index contributed by atoms with van der Waals surface area (Å²) in [5.41, 5.74) is 1.90. The van der Waals surface area contributed by atoms with Gasteiger partial charge in [0, 0.05) is 19.5 Å². The zero-order valence-corrected chi connectivity index (χ0v) is 17.9. The predicted octanol–water partition coefficient (Wildman–Crippen LogP) is 0.955. The number of morpholine rings is 1. The third-order valence-electron chi connectivity index (χ3n) is 5.69. The summed E-state index contributed by atoms with van der Waals surface area (Å²) < 4.78 is 23.3. The number of carbonyl (C=O) groups is 2. The van der Waals surface area contributed by atoms with Crippen LogP contribution in [0.25, 0.3) is 0 Å². The first-order valence-electron chi connectivity index (χ1n) is 10.6. The minimum absolute atomic E-state index is 0.0547. The number of cyclic esters (lactones) is 1. The average molecular weight is 443 g/mol. The van der Waals surface area contributed by atoms with Crippen molar-refractivity contribution in [1.29, 1.82) is 0 Å². The number of nitrogens with one attached hydrogen (secondary N) is 1. The molecule has 1 aromatic heterocycles. The van der Waals surface area contributed by atoms with Crippen molar-refractivity contribution in [1.82, 2.24) is 25.2 Å². The molecule has 3 atom stereocenters. The molecule has 2 saturated heterocycles. The quantitative estimate of drug-likeness (QED) is 0.726. The minimum atomic E-state index is -0.458. The van der Waals surface area contributed by atoms with E-state index in [4.69, 9.17) is 18.9 Å². The lowest BCUT2D eigenvalue weighted by atomic mass is 10.1. The van der Waals surface area contributed by atoms with Gasteiger partial charge in [0.2, 0.25) is 6.79 Å². The molecule has 0 radical (unpaired) electrons. The zero-order chi connectivity index (χ0) is 22.2. The van der Waals surface area contributed by atoms with E-state index >= 15 is 0 Å². The molecule has 0 aliphatic carbocycles. The van der Waals surface area contributed by atoms with E-state index in [1.165, 1.54) is 0 Å². The maximum absolute atomic E-state index is 13.4. The summed E-state index contributed by atoms with van der Waals surface area (Å²) in [6.45, 7) is 5.66. The molecule has 3 aliphatic rings. The van der Waals surface area contributed by atoms with Gasteiger partial charge in [0.25, 0.3) is 5.91 Å². The molecule has 11 heteroatoms. The van der Waals surface area contributed by atoms with Crippen LogP contribution in [0.3, 0.4) is 0 Å². The number of amides is 2. The Morgan fingerprint density at radius 1 is 1.16 bits per heavy atom. The molecule has 5 rings (SSSR count). The van der Waals surface area contributed by atoms with Crippen LogP contribution in [0.2, 0.25) is 0 Å². The van der Waals surface area contributed by atoms with Crippen molar-refractivity contribution in [3.63, 3.8) is 0 Å². The van der Waals surface area contributed by atoms with Crippen molar-refractivity contribution in [3.05, 3.63) is 35.2 Å². The number of benzene rings is 1. The summed E-state index contributed by atoms with van der Waals surface area (Å²) in [5.74, 6) is 1.18. The number of ether oxygens (including phenoxy) is 4. The molecule has 1 unspecified atom stereocenters. The Bertz CT molecular complexity index is 1030. The van der Waals surface area contributed by atoms with E-state index in [1.807, 2.05) is 32.0 Å². The van der Waals surface area contributed by atoms with Crippen molar-refractivity contribution < 1.29 is 28.5 Å². The fraction of sp³-hybridized carbons (Fsp3) is 0.524. The lowest BCUT2D eigenvalue weighted by Gasteiger charge is -2.35. The Kier molecular flexibility index (Phi) is 5.33. The Balaban J connectivity index is 1.44. The molecule has 2 amide bonds. The van der Waals surface area contributed by atoms with Gasteiger partial charge in [-0.1, -0.05) is 11.3 Å². The molecule has 2 aromatic rings.